The minimum atomic E-state index is -0.786. The zero-order chi connectivity index (χ0) is 13.8. The summed E-state index contributed by atoms with van der Waals surface area (Å²) in [6.07, 6.45) is 0.630. The molecule has 1 aromatic carbocycles. The zero-order valence-corrected chi connectivity index (χ0v) is 10.9. The number of nitrogens with zero attached hydrogens (tertiary/aromatic N) is 3. The van der Waals surface area contributed by atoms with E-state index in [0.29, 0.717) is 10.6 Å². The number of hydrogen-bond acceptors (Lipinski definition) is 5. The number of benzene rings is 1. The molecule has 19 heavy (non-hydrogen) atoms. The molecule has 1 aromatic heterocycles. The van der Waals surface area contributed by atoms with Gasteiger partial charge >= 0.3 is 5.97 Å². The van der Waals surface area contributed by atoms with E-state index in [1.54, 1.807) is 24.3 Å². The minimum absolute atomic E-state index is 0.0980. The third-order valence-corrected chi connectivity index (χ3v) is 2.76. The van der Waals surface area contributed by atoms with E-state index in [1.807, 2.05) is 0 Å². The predicted molar refractivity (Wildman–Crippen MR) is 67.8 cm³/mol. The largest absolute Gasteiger partial charge is 0.464 e. The van der Waals surface area contributed by atoms with Gasteiger partial charge in [0.05, 0.1) is 26.0 Å². The Kier molecular flexibility index (Phi) is 4.13. The molecule has 0 saturated carbocycles. The molecule has 0 spiro atoms. The van der Waals surface area contributed by atoms with Crippen LogP contribution in [0.4, 0.5) is 0 Å². The van der Waals surface area contributed by atoms with E-state index in [-0.39, 0.29) is 12.2 Å². The van der Waals surface area contributed by atoms with Gasteiger partial charge in [-0.1, -0.05) is 28.9 Å². The third kappa shape index (κ3) is 3.30. The number of hydrogen-bond donors (Lipinski definition) is 1. The molecule has 1 N–H and O–H groups in total. The van der Waals surface area contributed by atoms with Crippen LogP contribution in [0.5, 0.6) is 0 Å². The van der Waals surface area contributed by atoms with Gasteiger partial charge in [-0.15, -0.1) is 5.10 Å². The van der Waals surface area contributed by atoms with E-state index >= 15 is 0 Å². The van der Waals surface area contributed by atoms with Crippen LogP contribution in [0, 0.1) is 0 Å². The number of ether oxygens (including phenoxy) is 1. The van der Waals surface area contributed by atoms with E-state index in [0.717, 1.165) is 0 Å². The van der Waals surface area contributed by atoms with Crippen molar-refractivity contribution in [1.82, 2.24) is 15.0 Å². The van der Waals surface area contributed by atoms with Gasteiger partial charge < -0.3 is 9.84 Å². The van der Waals surface area contributed by atoms with Gasteiger partial charge in [0.25, 0.3) is 0 Å². The molecular formula is C12H12ClN3O3. The van der Waals surface area contributed by atoms with Gasteiger partial charge in [-0.3, -0.25) is 0 Å². The van der Waals surface area contributed by atoms with Crippen LogP contribution in [0.15, 0.2) is 30.5 Å². The molecule has 2 rings (SSSR count). The standard InChI is InChI=1S/C12H12ClN3O3/c1-19-12(18)10-6-16(15-14-10)7-11(17)8-3-2-4-9(13)5-8/h2-6,11,17H,7H2,1H3. The lowest BCUT2D eigenvalue weighted by Gasteiger charge is -2.10. The second-order valence-corrected chi connectivity index (χ2v) is 4.32. The SMILES string of the molecule is COC(=O)c1cn(CC(O)c2cccc(Cl)c2)nn1. The van der Waals surface area contributed by atoms with Crippen molar-refractivity contribution in [2.75, 3.05) is 7.11 Å². The molecule has 0 amide bonds. The van der Waals surface area contributed by atoms with Crippen molar-refractivity contribution >= 4 is 17.6 Å². The molecule has 0 bridgehead atoms. The fraction of sp³-hybridized carbons (Fsp3) is 0.250. The third-order valence-electron chi connectivity index (χ3n) is 2.53. The Labute approximate surface area is 114 Å². The zero-order valence-electron chi connectivity index (χ0n) is 10.2. The predicted octanol–water partition coefficient (Wildman–Crippen LogP) is 1.45. The van der Waals surface area contributed by atoms with E-state index in [9.17, 15) is 9.90 Å². The van der Waals surface area contributed by atoms with Crippen molar-refractivity contribution in [1.29, 1.82) is 0 Å². The maximum absolute atomic E-state index is 11.2. The molecule has 0 fully saturated rings. The van der Waals surface area contributed by atoms with Crippen LogP contribution in [-0.2, 0) is 11.3 Å². The van der Waals surface area contributed by atoms with Gasteiger partial charge in [-0.2, -0.15) is 0 Å². The molecule has 1 heterocycles. The van der Waals surface area contributed by atoms with Crippen LogP contribution < -0.4 is 0 Å². The van der Waals surface area contributed by atoms with Gasteiger partial charge in [0.2, 0.25) is 0 Å². The summed E-state index contributed by atoms with van der Waals surface area (Å²) in [5.41, 5.74) is 0.767. The number of methoxy groups -OCH3 is 1. The molecule has 1 unspecified atom stereocenters. The van der Waals surface area contributed by atoms with Crippen LogP contribution in [0.25, 0.3) is 0 Å². The van der Waals surface area contributed by atoms with Gasteiger partial charge in [0.15, 0.2) is 5.69 Å². The molecule has 0 aliphatic rings. The van der Waals surface area contributed by atoms with E-state index in [2.05, 4.69) is 15.0 Å². The van der Waals surface area contributed by atoms with E-state index in [1.165, 1.54) is 18.0 Å². The summed E-state index contributed by atoms with van der Waals surface area (Å²) in [6, 6.07) is 6.91. The molecular weight excluding hydrogens is 270 g/mol. The van der Waals surface area contributed by atoms with Crippen molar-refractivity contribution in [3.05, 3.63) is 46.7 Å². The average Bonchev–Trinajstić information content (AvgIpc) is 2.86. The van der Waals surface area contributed by atoms with Crippen molar-refractivity contribution < 1.29 is 14.6 Å². The molecule has 2 aromatic rings. The van der Waals surface area contributed by atoms with Crippen molar-refractivity contribution in [2.24, 2.45) is 0 Å². The van der Waals surface area contributed by atoms with Gasteiger partial charge in [-0.25, -0.2) is 9.48 Å². The number of aliphatic hydroxyl groups is 1. The molecule has 0 radical (unpaired) electrons. The Bertz CT molecular complexity index is 585. The highest BCUT2D eigenvalue weighted by Gasteiger charge is 2.14. The Morgan fingerprint density at radius 3 is 3.05 bits per heavy atom. The molecule has 7 heteroatoms. The van der Waals surface area contributed by atoms with Crippen molar-refractivity contribution in [2.45, 2.75) is 12.6 Å². The Morgan fingerprint density at radius 2 is 2.37 bits per heavy atom. The van der Waals surface area contributed by atoms with Crippen LogP contribution in [0.3, 0.4) is 0 Å². The number of aliphatic hydroxyl groups excluding tert-OH is 1. The Hall–Kier alpha value is -1.92. The summed E-state index contributed by atoms with van der Waals surface area (Å²) in [6.45, 7) is 0.171. The lowest BCUT2D eigenvalue weighted by Crippen LogP contribution is -2.09. The first-order valence-corrected chi connectivity index (χ1v) is 5.90. The molecule has 0 aliphatic carbocycles. The van der Waals surface area contributed by atoms with Crippen LogP contribution in [0.1, 0.15) is 22.2 Å². The first-order valence-electron chi connectivity index (χ1n) is 5.52. The van der Waals surface area contributed by atoms with Crippen LogP contribution in [-0.4, -0.2) is 33.2 Å². The highest BCUT2D eigenvalue weighted by molar-refractivity contribution is 6.30. The lowest BCUT2D eigenvalue weighted by molar-refractivity contribution is 0.0593. The second-order valence-electron chi connectivity index (χ2n) is 3.89. The van der Waals surface area contributed by atoms with Gasteiger partial charge in [0.1, 0.15) is 0 Å². The summed E-state index contributed by atoms with van der Waals surface area (Å²) in [4.78, 5) is 11.2. The molecule has 1 atom stereocenters. The minimum Gasteiger partial charge on any atom is -0.464 e. The number of rotatable bonds is 4. The maximum atomic E-state index is 11.2. The summed E-state index contributed by atoms with van der Waals surface area (Å²) < 4.78 is 5.89. The fourth-order valence-corrected chi connectivity index (χ4v) is 1.78. The highest BCUT2D eigenvalue weighted by atomic mass is 35.5. The summed E-state index contributed by atoms with van der Waals surface area (Å²) >= 11 is 5.85. The maximum Gasteiger partial charge on any atom is 0.360 e. The molecule has 0 saturated heterocycles. The Balaban J connectivity index is 2.08. The first-order chi connectivity index (χ1) is 9.10. The quantitative estimate of drug-likeness (QED) is 0.858. The first kappa shape index (κ1) is 13.5. The molecule has 6 nitrogen and oxygen atoms in total. The van der Waals surface area contributed by atoms with Crippen LogP contribution in [0.2, 0.25) is 5.02 Å². The summed E-state index contributed by atoms with van der Waals surface area (Å²) in [5.74, 6) is -0.566. The second kappa shape index (κ2) is 5.81. The number of carbonyl (C=O) groups is 1. The smallest absolute Gasteiger partial charge is 0.360 e. The number of carbonyl (C=O) groups excluding carboxylic acids is 1. The topological polar surface area (TPSA) is 77.2 Å². The molecule has 0 aliphatic heterocycles. The number of esters is 1. The summed E-state index contributed by atoms with van der Waals surface area (Å²) in [7, 11) is 1.27. The monoisotopic (exact) mass is 281 g/mol. The van der Waals surface area contributed by atoms with Crippen LogP contribution >= 0.6 is 11.6 Å². The Morgan fingerprint density at radius 1 is 1.58 bits per heavy atom. The summed E-state index contributed by atoms with van der Waals surface area (Å²) in [5, 5.41) is 18.0. The highest BCUT2D eigenvalue weighted by Crippen LogP contribution is 2.18. The average molecular weight is 282 g/mol. The number of aromatic nitrogens is 3. The van der Waals surface area contributed by atoms with E-state index < -0.39 is 12.1 Å². The molecule has 100 valence electrons. The lowest BCUT2D eigenvalue weighted by atomic mass is 10.1. The normalized spacial score (nSPS) is 12.2. The van der Waals surface area contributed by atoms with E-state index in [4.69, 9.17) is 11.6 Å². The van der Waals surface area contributed by atoms with Crippen molar-refractivity contribution in [3.8, 4) is 0 Å². The fourth-order valence-electron chi connectivity index (χ4n) is 1.58. The van der Waals surface area contributed by atoms with Gasteiger partial charge in [-0.05, 0) is 17.7 Å². The number of halogens is 1. The van der Waals surface area contributed by atoms with Gasteiger partial charge in [0, 0.05) is 5.02 Å². The van der Waals surface area contributed by atoms with Crippen molar-refractivity contribution in [3.63, 3.8) is 0 Å².